The number of amides is 1. The van der Waals surface area contributed by atoms with Gasteiger partial charge >= 0.3 is 6.61 Å². The van der Waals surface area contributed by atoms with Gasteiger partial charge in [0.25, 0.3) is 0 Å². The molecule has 3 rings (SSSR count). The maximum absolute atomic E-state index is 12.5. The lowest BCUT2D eigenvalue weighted by atomic mass is 10.1. The maximum atomic E-state index is 12.5. The molecular formula is C22H22F2N4O2S. The first-order valence-electron chi connectivity index (χ1n) is 9.47. The second kappa shape index (κ2) is 10.2. The lowest BCUT2D eigenvalue weighted by molar-refractivity contribution is -0.113. The van der Waals surface area contributed by atoms with E-state index in [9.17, 15) is 13.6 Å². The number of carbonyl (C=O) groups is 1. The van der Waals surface area contributed by atoms with Gasteiger partial charge in [0.2, 0.25) is 5.91 Å². The van der Waals surface area contributed by atoms with Crippen LogP contribution in [0, 0.1) is 13.8 Å². The van der Waals surface area contributed by atoms with Gasteiger partial charge in [0, 0.05) is 17.8 Å². The number of aryl methyl sites for hydroxylation is 2. The fourth-order valence-electron chi connectivity index (χ4n) is 3.01. The third-order valence-electron chi connectivity index (χ3n) is 4.44. The number of aromatic nitrogens is 3. The van der Waals surface area contributed by atoms with E-state index in [2.05, 4.69) is 26.8 Å². The Hall–Kier alpha value is -3.20. The summed E-state index contributed by atoms with van der Waals surface area (Å²) in [5.74, 6) is 0.613. The highest BCUT2D eigenvalue weighted by atomic mass is 32.2. The maximum Gasteiger partial charge on any atom is 0.387 e. The van der Waals surface area contributed by atoms with E-state index in [1.807, 2.05) is 36.6 Å². The van der Waals surface area contributed by atoms with Gasteiger partial charge in [0.1, 0.15) is 5.75 Å². The molecule has 162 valence electrons. The lowest BCUT2D eigenvalue weighted by Gasteiger charge is -2.11. The molecule has 1 amide bonds. The molecule has 2 aromatic carbocycles. The number of nitrogens with one attached hydrogen (secondary N) is 1. The number of alkyl halides is 2. The summed E-state index contributed by atoms with van der Waals surface area (Å²) >= 11 is 1.26. The molecule has 0 aliphatic carbocycles. The number of nitrogens with zero attached hydrogens (tertiary/aromatic N) is 3. The van der Waals surface area contributed by atoms with Crippen LogP contribution < -0.4 is 10.1 Å². The van der Waals surface area contributed by atoms with Gasteiger partial charge in [-0.15, -0.1) is 16.8 Å². The second-order valence-electron chi connectivity index (χ2n) is 6.71. The van der Waals surface area contributed by atoms with Crippen LogP contribution in [-0.2, 0) is 11.3 Å². The van der Waals surface area contributed by atoms with Crippen LogP contribution in [0.15, 0.2) is 60.3 Å². The number of halogens is 2. The van der Waals surface area contributed by atoms with Gasteiger partial charge in [0.15, 0.2) is 11.0 Å². The van der Waals surface area contributed by atoms with E-state index in [1.165, 1.54) is 23.9 Å². The molecule has 3 aromatic rings. The Morgan fingerprint density at radius 2 is 1.87 bits per heavy atom. The Kier molecular flexibility index (Phi) is 7.41. The molecule has 0 aliphatic rings. The molecule has 0 saturated carbocycles. The van der Waals surface area contributed by atoms with Gasteiger partial charge in [-0.2, -0.15) is 8.78 Å². The third kappa shape index (κ3) is 5.69. The summed E-state index contributed by atoms with van der Waals surface area (Å²) in [5, 5.41) is 11.9. The minimum absolute atomic E-state index is 0.0614. The normalized spacial score (nSPS) is 10.9. The van der Waals surface area contributed by atoms with Gasteiger partial charge in [-0.25, -0.2) is 0 Å². The summed E-state index contributed by atoms with van der Waals surface area (Å²) in [6.45, 7) is 5.20. The van der Waals surface area contributed by atoms with Gasteiger partial charge in [-0.3, -0.25) is 9.36 Å². The van der Waals surface area contributed by atoms with Crippen molar-refractivity contribution in [3.05, 3.63) is 66.2 Å². The summed E-state index contributed by atoms with van der Waals surface area (Å²) in [7, 11) is 0. The van der Waals surface area contributed by atoms with E-state index in [4.69, 9.17) is 0 Å². The Bertz CT molecular complexity index is 1050. The predicted octanol–water partition coefficient (Wildman–Crippen LogP) is 5.08. The second-order valence-corrected chi connectivity index (χ2v) is 7.65. The number of para-hydroxylation sites is 1. The number of thioether (sulfide) groups is 1. The van der Waals surface area contributed by atoms with E-state index in [-0.39, 0.29) is 17.4 Å². The van der Waals surface area contributed by atoms with Crippen molar-refractivity contribution in [1.29, 1.82) is 0 Å². The summed E-state index contributed by atoms with van der Waals surface area (Å²) < 4.78 is 30.9. The van der Waals surface area contributed by atoms with Crippen molar-refractivity contribution in [3.8, 4) is 17.1 Å². The molecule has 1 aromatic heterocycles. The zero-order chi connectivity index (χ0) is 22.4. The Labute approximate surface area is 183 Å². The minimum atomic E-state index is -2.88. The van der Waals surface area contributed by atoms with Crippen molar-refractivity contribution in [2.75, 3.05) is 11.1 Å². The number of allylic oxidation sites excluding steroid dienone is 1. The molecule has 0 atom stereocenters. The fraction of sp³-hybridized carbons (Fsp3) is 0.227. The number of hydrogen-bond donors (Lipinski definition) is 1. The summed E-state index contributed by atoms with van der Waals surface area (Å²) in [5.41, 5.74) is 3.49. The topological polar surface area (TPSA) is 69.0 Å². The predicted molar refractivity (Wildman–Crippen MR) is 118 cm³/mol. The number of carbonyl (C=O) groups excluding carboxylic acids is 1. The monoisotopic (exact) mass is 444 g/mol. The SMILES string of the molecule is C=CCn1c(SCC(=O)Nc2c(C)cccc2C)nnc1-c1ccc(OC(F)F)cc1. The van der Waals surface area contributed by atoms with Crippen LogP contribution >= 0.6 is 11.8 Å². The van der Waals surface area contributed by atoms with E-state index < -0.39 is 6.61 Å². The molecule has 0 fully saturated rings. The van der Waals surface area contributed by atoms with Crippen LogP contribution in [0.3, 0.4) is 0 Å². The molecule has 0 bridgehead atoms. The fourth-order valence-corrected chi connectivity index (χ4v) is 3.75. The number of ether oxygens (including phenoxy) is 1. The van der Waals surface area contributed by atoms with Crippen LogP contribution in [0.5, 0.6) is 5.75 Å². The van der Waals surface area contributed by atoms with Gasteiger partial charge in [-0.05, 0) is 49.2 Å². The summed E-state index contributed by atoms with van der Waals surface area (Å²) in [6.07, 6.45) is 1.70. The minimum Gasteiger partial charge on any atom is -0.435 e. The molecular weight excluding hydrogens is 422 g/mol. The first-order chi connectivity index (χ1) is 14.9. The van der Waals surface area contributed by atoms with Gasteiger partial charge in [0.05, 0.1) is 5.75 Å². The molecule has 6 nitrogen and oxygen atoms in total. The van der Waals surface area contributed by atoms with E-state index in [0.29, 0.717) is 23.1 Å². The Morgan fingerprint density at radius 3 is 2.48 bits per heavy atom. The Morgan fingerprint density at radius 1 is 1.19 bits per heavy atom. The molecule has 0 unspecified atom stereocenters. The molecule has 0 spiro atoms. The quantitative estimate of drug-likeness (QED) is 0.368. The molecule has 0 aliphatic heterocycles. The zero-order valence-electron chi connectivity index (χ0n) is 17.1. The van der Waals surface area contributed by atoms with Crippen molar-refractivity contribution in [2.24, 2.45) is 0 Å². The first kappa shape index (κ1) is 22.5. The van der Waals surface area contributed by atoms with E-state index in [0.717, 1.165) is 16.8 Å². The highest BCUT2D eigenvalue weighted by Crippen LogP contribution is 2.27. The molecule has 9 heteroatoms. The van der Waals surface area contributed by atoms with Crippen LogP contribution in [0.25, 0.3) is 11.4 Å². The van der Waals surface area contributed by atoms with Crippen LogP contribution in [0.4, 0.5) is 14.5 Å². The van der Waals surface area contributed by atoms with Crippen molar-refractivity contribution < 1.29 is 18.3 Å². The van der Waals surface area contributed by atoms with Crippen LogP contribution in [0.2, 0.25) is 0 Å². The van der Waals surface area contributed by atoms with Crippen LogP contribution in [0.1, 0.15) is 11.1 Å². The molecule has 0 saturated heterocycles. The highest BCUT2D eigenvalue weighted by molar-refractivity contribution is 7.99. The number of benzene rings is 2. The number of rotatable bonds is 9. The lowest BCUT2D eigenvalue weighted by Crippen LogP contribution is -2.16. The molecule has 31 heavy (non-hydrogen) atoms. The van der Waals surface area contributed by atoms with Gasteiger partial charge in [-0.1, -0.05) is 36.0 Å². The van der Waals surface area contributed by atoms with E-state index >= 15 is 0 Å². The average Bonchev–Trinajstić information content (AvgIpc) is 3.12. The Balaban J connectivity index is 1.73. The van der Waals surface area contributed by atoms with Crippen molar-refractivity contribution >= 4 is 23.4 Å². The first-order valence-corrected chi connectivity index (χ1v) is 10.5. The summed E-state index contributed by atoms with van der Waals surface area (Å²) in [6, 6.07) is 12.0. The van der Waals surface area contributed by atoms with Gasteiger partial charge < -0.3 is 10.1 Å². The zero-order valence-corrected chi connectivity index (χ0v) is 18.0. The molecule has 1 heterocycles. The average molecular weight is 445 g/mol. The smallest absolute Gasteiger partial charge is 0.387 e. The number of anilines is 1. The third-order valence-corrected chi connectivity index (χ3v) is 5.41. The van der Waals surface area contributed by atoms with E-state index in [1.54, 1.807) is 18.2 Å². The highest BCUT2D eigenvalue weighted by Gasteiger charge is 2.16. The largest absolute Gasteiger partial charge is 0.435 e. The number of hydrogen-bond acceptors (Lipinski definition) is 5. The molecule has 0 radical (unpaired) electrons. The van der Waals surface area contributed by atoms with Crippen molar-refractivity contribution in [3.63, 3.8) is 0 Å². The van der Waals surface area contributed by atoms with Crippen molar-refractivity contribution in [1.82, 2.24) is 14.8 Å². The summed E-state index contributed by atoms with van der Waals surface area (Å²) in [4.78, 5) is 12.5. The molecule has 1 N–H and O–H groups in total. The van der Waals surface area contributed by atoms with Crippen LogP contribution in [-0.4, -0.2) is 33.0 Å². The van der Waals surface area contributed by atoms with Crippen molar-refractivity contribution in [2.45, 2.75) is 32.2 Å². The standard InChI is InChI=1S/C22H22F2N4O2S/c1-4-12-28-20(16-8-10-17(11-9-16)30-21(23)24)26-27-22(28)31-13-18(29)25-19-14(2)6-5-7-15(19)3/h4-11,21H,1,12-13H2,2-3H3,(H,25,29).